The fourth-order valence-electron chi connectivity index (χ4n) is 3.38. The first-order valence-electron chi connectivity index (χ1n) is 8.14. The molecule has 24 heavy (non-hydrogen) atoms. The van der Waals surface area contributed by atoms with Gasteiger partial charge in [-0.2, -0.15) is 0 Å². The maximum absolute atomic E-state index is 13.5. The fraction of sp³-hybridized carbons (Fsp3) is 0.263. The summed E-state index contributed by atoms with van der Waals surface area (Å²) in [6.07, 6.45) is 0.970. The number of hydrogen-bond acceptors (Lipinski definition) is 2. The summed E-state index contributed by atoms with van der Waals surface area (Å²) in [7, 11) is 0. The summed E-state index contributed by atoms with van der Waals surface area (Å²) < 4.78 is 16.2. The third kappa shape index (κ3) is 2.69. The average Bonchev–Trinajstić information content (AvgIpc) is 2.98. The Morgan fingerprint density at radius 3 is 2.83 bits per heavy atom. The second-order valence-electron chi connectivity index (χ2n) is 6.23. The molecule has 0 spiro atoms. The molecule has 0 bridgehead atoms. The molecule has 0 amide bonds. The molecule has 2 aromatic carbocycles. The first-order chi connectivity index (χ1) is 11.6. The molecule has 0 aliphatic carbocycles. The molecule has 1 aliphatic rings. The Hall–Kier alpha value is -1.93. The Morgan fingerprint density at radius 1 is 1.25 bits per heavy atom. The molecule has 3 aromatic rings. The van der Waals surface area contributed by atoms with Gasteiger partial charge in [0, 0.05) is 0 Å². The Balaban J connectivity index is 1.71. The van der Waals surface area contributed by atoms with Gasteiger partial charge in [0.1, 0.15) is 0 Å². The van der Waals surface area contributed by atoms with Gasteiger partial charge in [-0.05, 0) is 0 Å². The van der Waals surface area contributed by atoms with Gasteiger partial charge in [-0.15, -0.1) is 0 Å². The normalized spacial score (nSPS) is 18.3. The van der Waals surface area contributed by atoms with Gasteiger partial charge in [0.25, 0.3) is 0 Å². The first kappa shape index (κ1) is 15.6. The second kappa shape index (κ2) is 6.18. The van der Waals surface area contributed by atoms with Gasteiger partial charge in [0.15, 0.2) is 0 Å². The fourth-order valence-corrected chi connectivity index (χ4v) is 6.85. The van der Waals surface area contributed by atoms with Gasteiger partial charge in [-0.1, -0.05) is 0 Å². The molecule has 1 aliphatic heterocycles. The van der Waals surface area contributed by atoms with Crippen molar-refractivity contribution in [2.45, 2.75) is 29.3 Å². The van der Waals surface area contributed by atoms with E-state index in [-0.39, 0.29) is 27.1 Å². The molecule has 122 valence electrons. The van der Waals surface area contributed by atoms with E-state index in [1.165, 1.54) is 17.7 Å². The van der Waals surface area contributed by atoms with Crippen LogP contribution >= 0.6 is 0 Å². The molecule has 4 rings (SSSR count). The van der Waals surface area contributed by atoms with Gasteiger partial charge in [0.05, 0.1) is 0 Å². The van der Waals surface area contributed by atoms with E-state index in [0.29, 0.717) is 20.3 Å². The molecular weight excluding hydrogens is 366 g/mol. The van der Waals surface area contributed by atoms with Crippen molar-refractivity contribution in [3.05, 3.63) is 76.1 Å². The predicted molar refractivity (Wildman–Crippen MR) is 95.3 cm³/mol. The monoisotopic (exact) mass is 384 g/mol. The van der Waals surface area contributed by atoms with E-state index < -0.39 is 0 Å². The number of rotatable bonds is 3. The van der Waals surface area contributed by atoms with Crippen LogP contribution in [0.4, 0.5) is 4.39 Å². The van der Waals surface area contributed by atoms with Crippen molar-refractivity contribution in [2.24, 2.45) is 0 Å². The third-order valence-electron chi connectivity index (χ3n) is 4.65. The third-order valence-corrected chi connectivity index (χ3v) is 8.39. The summed E-state index contributed by atoms with van der Waals surface area (Å²) in [5.74, 6) is 0.517. The van der Waals surface area contributed by atoms with Crippen molar-refractivity contribution in [2.75, 3.05) is 0 Å². The number of benzene rings is 2. The Labute approximate surface area is 146 Å². The van der Waals surface area contributed by atoms with Crippen LogP contribution < -0.4 is 5.56 Å². The van der Waals surface area contributed by atoms with E-state index in [1.807, 2.05) is 6.07 Å². The topological polar surface area (TPSA) is 34.9 Å². The molecular formula is C19H18AsFN2O. The molecule has 0 N–H and O–H groups in total. The van der Waals surface area contributed by atoms with Crippen molar-refractivity contribution in [3.63, 3.8) is 0 Å². The van der Waals surface area contributed by atoms with Crippen molar-refractivity contribution in [3.8, 4) is 0 Å². The zero-order valence-electron chi connectivity index (χ0n) is 13.4. The van der Waals surface area contributed by atoms with Crippen LogP contribution in [0.3, 0.4) is 0 Å². The summed E-state index contributed by atoms with van der Waals surface area (Å²) >= 11 is -0.358. The van der Waals surface area contributed by atoms with Crippen molar-refractivity contribution < 1.29 is 4.39 Å². The van der Waals surface area contributed by atoms with Gasteiger partial charge in [-0.25, -0.2) is 0 Å². The molecule has 1 aromatic heterocycles. The second-order valence-corrected chi connectivity index (χ2v) is 10.2. The van der Waals surface area contributed by atoms with E-state index in [0.717, 1.165) is 18.8 Å². The average molecular weight is 384 g/mol. The summed E-state index contributed by atoms with van der Waals surface area (Å²) in [6, 6.07) is 14.7. The standard InChI is InChI=1S/C19H18AsFN2O/c1-12(13-5-3-2-4-6-13)20-16-9-10-23-18(16)22-17-11-14(21)7-8-15(17)19(23)24/h2-8,11-12,16,20H,9-10H2,1H3. The Bertz CT molecular complexity index is 955. The molecule has 2 heterocycles. The van der Waals surface area contributed by atoms with E-state index in [1.54, 1.807) is 10.6 Å². The molecule has 5 heteroatoms. The van der Waals surface area contributed by atoms with Crippen LogP contribution in [0.25, 0.3) is 10.9 Å². The number of fused-ring (bicyclic) bond motifs is 2. The number of hydrogen-bond donors (Lipinski definition) is 0. The Morgan fingerprint density at radius 2 is 2.04 bits per heavy atom. The zero-order valence-corrected chi connectivity index (χ0v) is 15.5. The van der Waals surface area contributed by atoms with E-state index in [4.69, 9.17) is 0 Å². The molecule has 0 fully saturated rings. The van der Waals surface area contributed by atoms with Gasteiger partial charge >= 0.3 is 146 Å². The molecule has 0 radical (unpaired) electrons. The van der Waals surface area contributed by atoms with Crippen LogP contribution in [0.2, 0.25) is 0 Å². The molecule has 3 nitrogen and oxygen atoms in total. The van der Waals surface area contributed by atoms with Crippen molar-refractivity contribution in [1.82, 2.24) is 9.55 Å². The van der Waals surface area contributed by atoms with Crippen LogP contribution in [0.5, 0.6) is 0 Å². The van der Waals surface area contributed by atoms with Gasteiger partial charge in [0.2, 0.25) is 0 Å². The van der Waals surface area contributed by atoms with E-state index >= 15 is 0 Å². The number of nitrogens with zero attached hydrogens (tertiary/aromatic N) is 2. The summed E-state index contributed by atoms with van der Waals surface area (Å²) in [5.41, 5.74) is 1.80. The van der Waals surface area contributed by atoms with Gasteiger partial charge < -0.3 is 0 Å². The summed E-state index contributed by atoms with van der Waals surface area (Å²) in [4.78, 5) is 17.3. The van der Waals surface area contributed by atoms with Crippen molar-refractivity contribution >= 4 is 26.7 Å². The molecule has 0 saturated carbocycles. The molecule has 0 saturated heterocycles. The van der Waals surface area contributed by atoms with Crippen LogP contribution in [-0.2, 0) is 6.54 Å². The number of halogens is 1. The van der Waals surface area contributed by atoms with Gasteiger partial charge in [-0.3, -0.25) is 0 Å². The van der Waals surface area contributed by atoms with Crippen LogP contribution in [0, 0.1) is 5.82 Å². The first-order valence-corrected chi connectivity index (χ1v) is 10.6. The predicted octanol–water partition coefficient (Wildman–Crippen LogP) is 3.18. The summed E-state index contributed by atoms with van der Waals surface area (Å²) in [6.45, 7) is 2.99. The SMILES string of the molecule is CC([AsH]C1CCn2c1nc1cc(F)ccc1c2=O)c1ccccc1. The maximum atomic E-state index is 13.5. The molecule has 3 atom stereocenters. The summed E-state index contributed by atoms with van der Waals surface area (Å²) in [5, 5.41) is 0.511. The van der Waals surface area contributed by atoms with Crippen molar-refractivity contribution in [1.29, 1.82) is 0 Å². The quantitative estimate of drug-likeness (QED) is 0.651. The van der Waals surface area contributed by atoms with Crippen LogP contribution in [-0.4, -0.2) is 25.3 Å². The van der Waals surface area contributed by atoms with Crippen LogP contribution in [0.15, 0.2) is 53.3 Å². The number of aromatic nitrogens is 2. The Kier molecular flexibility index (Phi) is 4.01. The minimum atomic E-state index is -0.358. The minimum absolute atomic E-state index is 0.0311. The zero-order chi connectivity index (χ0) is 16.7. The van der Waals surface area contributed by atoms with E-state index in [9.17, 15) is 9.18 Å². The van der Waals surface area contributed by atoms with E-state index in [2.05, 4.69) is 36.2 Å². The van der Waals surface area contributed by atoms with Crippen LogP contribution in [0.1, 0.15) is 34.1 Å². The molecule has 3 unspecified atom stereocenters.